The molecule has 9 nitrogen and oxygen atoms in total. The highest BCUT2D eigenvalue weighted by molar-refractivity contribution is 7.91. The molecule has 1 aromatic carbocycles. The summed E-state index contributed by atoms with van der Waals surface area (Å²) < 4.78 is 25.3. The molecule has 0 radical (unpaired) electrons. The number of ketones is 2. The number of carbonyl (C=O) groups is 2. The third-order valence-corrected chi connectivity index (χ3v) is 5.13. The Balaban J connectivity index is 1.89. The summed E-state index contributed by atoms with van der Waals surface area (Å²) in [5, 5.41) is 12.2. The van der Waals surface area contributed by atoms with E-state index >= 15 is 0 Å². The quantitative estimate of drug-likeness (QED) is 0.485. The number of nitrogens with zero attached hydrogens (tertiary/aromatic N) is 3. The van der Waals surface area contributed by atoms with Crippen molar-refractivity contribution in [2.45, 2.75) is 16.2 Å². The standard InChI is InChI=1S/C14H11N5O4S/c20-11(13(21)14-16-18-19-17-14)8-10-12(6-7-15-10)24(22,23)9-4-2-1-3-5-9/h1-7,15H,8H2,(H,16,17,18,19). The zero-order valence-corrected chi connectivity index (χ0v) is 12.9. The SMILES string of the molecule is O=C(Cc1[nH]ccc1S(=O)(=O)c1ccccc1)C(=O)c1nn[nH]n1. The van der Waals surface area contributed by atoms with Crippen LogP contribution >= 0.6 is 0 Å². The van der Waals surface area contributed by atoms with Crippen LogP contribution in [0.15, 0.2) is 52.4 Å². The van der Waals surface area contributed by atoms with E-state index in [0.717, 1.165) is 0 Å². The first-order chi connectivity index (χ1) is 11.5. The van der Waals surface area contributed by atoms with Gasteiger partial charge >= 0.3 is 0 Å². The smallest absolute Gasteiger partial charge is 0.269 e. The number of aromatic nitrogens is 5. The Hall–Kier alpha value is -3.14. The van der Waals surface area contributed by atoms with Gasteiger partial charge in [-0.1, -0.05) is 18.2 Å². The normalized spacial score (nSPS) is 11.3. The Morgan fingerprint density at radius 1 is 1.08 bits per heavy atom. The summed E-state index contributed by atoms with van der Waals surface area (Å²) in [5.41, 5.74) is 0.126. The van der Waals surface area contributed by atoms with Crippen LogP contribution in [0.5, 0.6) is 0 Å². The second-order valence-electron chi connectivity index (χ2n) is 4.80. The first kappa shape index (κ1) is 15.7. The van der Waals surface area contributed by atoms with Crippen molar-refractivity contribution in [3.63, 3.8) is 0 Å². The van der Waals surface area contributed by atoms with Crippen LogP contribution in [-0.2, 0) is 21.1 Å². The third-order valence-electron chi connectivity index (χ3n) is 3.27. The van der Waals surface area contributed by atoms with Crippen LogP contribution in [-0.4, -0.2) is 45.6 Å². The summed E-state index contributed by atoms with van der Waals surface area (Å²) in [7, 11) is -3.80. The van der Waals surface area contributed by atoms with Gasteiger partial charge in [0.25, 0.3) is 5.78 Å². The number of aromatic amines is 2. The number of rotatable bonds is 6. The molecule has 0 unspecified atom stereocenters. The Morgan fingerprint density at radius 3 is 2.50 bits per heavy atom. The fourth-order valence-corrected chi connectivity index (χ4v) is 3.60. The molecule has 0 spiro atoms. The van der Waals surface area contributed by atoms with Crippen molar-refractivity contribution in [3.05, 3.63) is 54.1 Å². The van der Waals surface area contributed by atoms with Gasteiger partial charge in [0.1, 0.15) is 0 Å². The fraction of sp³-hybridized carbons (Fsp3) is 0.0714. The second kappa shape index (κ2) is 6.16. The zero-order valence-electron chi connectivity index (χ0n) is 12.1. The van der Waals surface area contributed by atoms with Crippen LogP contribution in [0.3, 0.4) is 0 Å². The van der Waals surface area contributed by atoms with Crippen molar-refractivity contribution in [3.8, 4) is 0 Å². The molecule has 3 aromatic rings. The molecule has 0 saturated heterocycles. The second-order valence-corrected chi connectivity index (χ2v) is 6.72. The first-order valence-electron chi connectivity index (χ1n) is 6.77. The van der Waals surface area contributed by atoms with E-state index in [9.17, 15) is 18.0 Å². The van der Waals surface area contributed by atoms with Crippen molar-refractivity contribution in [2.75, 3.05) is 0 Å². The molecule has 0 aliphatic carbocycles. The number of benzene rings is 1. The van der Waals surface area contributed by atoms with Crippen LogP contribution in [0.25, 0.3) is 0 Å². The molecular formula is C14H11N5O4S. The first-order valence-corrected chi connectivity index (χ1v) is 8.26. The van der Waals surface area contributed by atoms with Crippen molar-refractivity contribution < 1.29 is 18.0 Å². The van der Waals surface area contributed by atoms with Gasteiger partial charge in [0.05, 0.1) is 16.2 Å². The van der Waals surface area contributed by atoms with Crippen molar-refractivity contribution in [1.82, 2.24) is 25.6 Å². The molecule has 2 aromatic heterocycles. The lowest BCUT2D eigenvalue weighted by Gasteiger charge is -2.05. The van der Waals surface area contributed by atoms with E-state index in [1.54, 1.807) is 18.2 Å². The maximum atomic E-state index is 12.6. The molecule has 122 valence electrons. The van der Waals surface area contributed by atoms with Crippen LogP contribution in [0, 0.1) is 0 Å². The average Bonchev–Trinajstić information content (AvgIpc) is 3.26. The minimum absolute atomic E-state index is 0.0528. The molecule has 0 bridgehead atoms. The molecule has 0 aliphatic rings. The summed E-state index contributed by atoms with van der Waals surface area (Å²) in [6.45, 7) is 0. The number of tetrazole rings is 1. The van der Waals surface area contributed by atoms with E-state index < -0.39 is 27.8 Å². The lowest BCUT2D eigenvalue weighted by molar-refractivity contribution is -0.114. The average molecular weight is 345 g/mol. The van der Waals surface area contributed by atoms with Crippen LogP contribution < -0.4 is 0 Å². The highest BCUT2D eigenvalue weighted by Crippen LogP contribution is 2.24. The lowest BCUT2D eigenvalue weighted by Crippen LogP contribution is -2.19. The molecule has 0 aliphatic heterocycles. The van der Waals surface area contributed by atoms with E-state index in [4.69, 9.17) is 0 Å². The van der Waals surface area contributed by atoms with Gasteiger partial charge in [-0.3, -0.25) is 9.59 Å². The summed E-state index contributed by atoms with van der Waals surface area (Å²) in [6, 6.07) is 9.17. The van der Waals surface area contributed by atoms with E-state index in [1.165, 1.54) is 24.4 Å². The van der Waals surface area contributed by atoms with Gasteiger partial charge in [-0.15, -0.1) is 10.2 Å². The predicted molar refractivity (Wildman–Crippen MR) is 79.9 cm³/mol. The molecule has 0 amide bonds. The van der Waals surface area contributed by atoms with Gasteiger partial charge in [-0.05, 0) is 23.4 Å². The number of sulfone groups is 1. The van der Waals surface area contributed by atoms with Crippen molar-refractivity contribution in [2.24, 2.45) is 0 Å². The Labute approximate surface area is 136 Å². The summed E-state index contributed by atoms with van der Waals surface area (Å²) in [5.74, 6) is -2.15. The number of carbonyl (C=O) groups excluding carboxylic acids is 2. The molecule has 10 heteroatoms. The van der Waals surface area contributed by atoms with E-state index in [-0.39, 0.29) is 21.3 Å². The summed E-state index contributed by atoms with van der Waals surface area (Å²) in [6.07, 6.45) is 0.985. The number of Topliss-reactive ketones (excluding diaryl/α,β-unsaturated/α-hetero) is 2. The van der Waals surface area contributed by atoms with Crippen molar-refractivity contribution in [1.29, 1.82) is 0 Å². The minimum Gasteiger partial charge on any atom is -0.364 e. The highest BCUT2D eigenvalue weighted by Gasteiger charge is 2.26. The largest absolute Gasteiger partial charge is 0.364 e. The number of hydrogen-bond donors (Lipinski definition) is 2. The molecule has 2 N–H and O–H groups in total. The van der Waals surface area contributed by atoms with E-state index in [2.05, 4.69) is 25.6 Å². The van der Waals surface area contributed by atoms with Crippen LogP contribution in [0.1, 0.15) is 16.3 Å². The Morgan fingerprint density at radius 2 is 1.83 bits per heavy atom. The van der Waals surface area contributed by atoms with Gasteiger partial charge in [0.15, 0.2) is 0 Å². The minimum atomic E-state index is -3.80. The van der Waals surface area contributed by atoms with Gasteiger partial charge in [0, 0.05) is 11.9 Å². The van der Waals surface area contributed by atoms with E-state index in [1.807, 2.05) is 0 Å². The zero-order chi connectivity index (χ0) is 17.2. The molecule has 24 heavy (non-hydrogen) atoms. The summed E-state index contributed by atoms with van der Waals surface area (Å²) in [4.78, 5) is 26.6. The molecule has 2 heterocycles. The maximum Gasteiger partial charge on any atom is 0.269 e. The van der Waals surface area contributed by atoms with Gasteiger partial charge < -0.3 is 4.98 Å². The molecule has 0 saturated carbocycles. The number of hydrogen-bond acceptors (Lipinski definition) is 7. The third kappa shape index (κ3) is 2.86. The topological polar surface area (TPSA) is 139 Å². The molecule has 3 rings (SSSR count). The Kier molecular flexibility index (Phi) is 4.04. The highest BCUT2D eigenvalue weighted by atomic mass is 32.2. The maximum absolute atomic E-state index is 12.6. The van der Waals surface area contributed by atoms with Crippen LogP contribution in [0.2, 0.25) is 0 Å². The predicted octanol–water partition coefficient (Wildman–Crippen LogP) is 0.355. The van der Waals surface area contributed by atoms with E-state index in [0.29, 0.717) is 0 Å². The van der Waals surface area contributed by atoms with Gasteiger partial charge in [-0.25, -0.2) is 8.42 Å². The van der Waals surface area contributed by atoms with Crippen molar-refractivity contribution >= 4 is 21.4 Å². The lowest BCUT2D eigenvalue weighted by atomic mass is 10.1. The number of nitrogens with one attached hydrogen (secondary N) is 2. The fourth-order valence-electron chi connectivity index (χ4n) is 2.13. The summed E-state index contributed by atoms with van der Waals surface area (Å²) >= 11 is 0. The number of H-pyrrole nitrogens is 2. The molecule has 0 fully saturated rings. The Bertz CT molecular complexity index is 977. The monoisotopic (exact) mass is 345 g/mol. The van der Waals surface area contributed by atoms with Gasteiger partial charge in [-0.2, -0.15) is 5.21 Å². The van der Waals surface area contributed by atoms with Crippen LogP contribution in [0.4, 0.5) is 0 Å². The molecular weight excluding hydrogens is 334 g/mol. The van der Waals surface area contributed by atoms with Gasteiger partial charge in [0.2, 0.25) is 21.4 Å². The molecule has 0 atom stereocenters.